The van der Waals surface area contributed by atoms with Crippen LogP contribution in [0.15, 0.2) is 30.5 Å². The van der Waals surface area contributed by atoms with Crippen LogP contribution in [0.3, 0.4) is 0 Å². The second-order valence-corrected chi connectivity index (χ2v) is 7.46. The summed E-state index contributed by atoms with van der Waals surface area (Å²) < 4.78 is 4.27. The summed E-state index contributed by atoms with van der Waals surface area (Å²) in [5.74, 6) is 1.05. The van der Waals surface area contributed by atoms with E-state index in [4.69, 9.17) is 12.2 Å². The van der Waals surface area contributed by atoms with Gasteiger partial charge in [-0.05, 0) is 37.2 Å². The first-order chi connectivity index (χ1) is 13.4. The zero-order chi connectivity index (χ0) is 19.8. The number of nitrogens with zero attached hydrogens (tertiary/aromatic N) is 5. The van der Waals surface area contributed by atoms with Gasteiger partial charge in [0.25, 0.3) is 5.69 Å². The van der Waals surface area contributed by atoms with Crippen molar-refractivity contribution in [2.45, 2.75) is 25.3 Å². The number of non-ortho nitro benzene ring substituents is 1. The smallest absolute Gasteiger partial charge is 0.270 e. The van der Waals surface area contributed by atoms with E-state index in [1.54, 1.807) is 18.3 Å². The number of benzene rings is 1. The topological polar surface area (TPSA) is 102 Å². The van der Waals surface area contributed by atoms with Gasteiger partial charge >= 0.3 is 0 Å². The molecule has 1 N–H and O–H groups in total. The molecule has 0 saturated carbocycles. The molecule has 28 heavy (non-hydrogen) atoms. The van der Waals surface area contributed by atoms with Gasteiger partial charge in [-0.1, -0.05) is 0 Å². The molecule has 2 aromatic heterocycles. The molecule has 4 rings (SSSR count). The molecule has 146 valence electrons. The molecule has 10 heteroatoms. The number of aromatic nitrogens is 4. The van der Waals surface area contributed by atoms with E-state index >= 15 is 0 Å². The zero-order valence-corrected chi connectivity index (χ0v) is 16.2. The van der Waals surface area contributed by atoms with Gasteiger partial charge in [0.05, 0.1) is 4.92 Å². The van der Waals surface area contributed by atoms with Crippen LogP contribution < -0.4 is 0 Å². The quantitative estimate of drug-likeness (QED) is 0.412. The van der Waals surface area contributed by atoms with Gasteiger partial charge in [-0.15, -0.1) is 0 Å². The van der Waals surface area contributed by atoms with Crippen molar-refractivity contribution in [2.24, 2.45) is 7.05 Å². The number of amides is 1. The Morgan fingerprint density at radius 1 is 1.43 bits per heavy atom. The second-order valence-electron chi connectivity index (χ2n) is 7.07. The van der Waals surface area contributed by atoms with E-state index in [2.05, 4.69) is 10.2 Å². The number of H-pyrrole nitrogens is 1. The molecule has 3 aromatic rings. The molecule has 0 radical (unpaired) electrons. The summed E-state index contributed by atoms with van der Waals surface area (Å²) in [6, 6.07) is 6.47. The highest BCUT2D eigenvalue weighted by Crippen LogP contribution is 2.26. The van der Waals surface area contributed by atoms with Crippen molar-refractivity contribution in [2.75, 3.05) is 13.1 Å². The molecule has 1 fully saturated rings. The molecule has 0 spiro atoms. The number of nitro benzene ring substituents is 1. The first kappa shape index (κ1) is 18.4. The predicted octanol–water partition coefficient (Wildman–Crippen LogP) is 2.75. The molecule has 1 unspecified atom stereocenters. The number of hydrogen-bond donors (Lipinski definition) is 1. The molecule has 1 aliphatic rings. The van der Waals surface area contributed by atoms with Crippen molar-refractivity contribution in [1.82, 2.24) is 24.2 Å². The summed E-state index contributed by atoms with van der Waals surface area (Å²) in [5.41, 5.74) is 0.852. The van der Waals surface area contributed by atoms with Gasteiger partial charge in [0.15, 0.2) is 4.77 Å². The minimum absolute atomic E-state index is 0.0253. The average molecular weight is 400 g/mol. The van der Waals surface area contributed by atoms with Gasteiger partial charge in [0, 0.05) is 55.3 Å². The molecule has 3 heterocycles. The van der Waals surface area contributed by atoms with Gasteiger partial charge in [-0.25, -0.2) is 0 Å². The maximum atomic E-state index is 12.9. The van der Waals surface area contributed by atoms with Crippen LogP contribution in [-0.2, 0) is 18.4 Å². The fraction of sp³-hybridized carbons (Fsp3) is 0.389. The normalized spacial score (nSPS) is 17.2. The lowest BCUT2D eigenvalue weighted by atomic mass is 9.97. The first-order valence-corrected chi connectivity index (χ1v) is 9.47. The van der Waals surface area contributed by atoms with Gasteiger partial charge in [0.2, 0.25) is 5.91 Å². The molecule has 1 amide bonds. The number of fused-ring (bicyclic) bond motifs is 1. The number of aromatic amines is 1. The maximum Gasteiger partial charge on any atom is 0.270 e. The highest BCUT2D eigenvalue weighted by Gasteiger charge is 2.27. The molecule has 1 aromatic carbocycles. The molecule has 1 aliphatic heterocycles. The number of hydrogen-bond acceptors (Lipinski definition) is 5. The number of nitro groups is 1. The summed E-state index contributed by atoms with van der Waals surface area (Å²) in [5, 5.41) is 18.8. The predicted molar refractivity (Wildman–Crippen MR) is 106 cm³/mol. The number of piperidine rings is 1. The Labute approximate surface area is 165 Å². The second kappa shape index (κ2) is 7.19. The van der Waals surface area contributed by atoms with Gasteiger partial charge < -0.3 is 14.0 Å². The number of nitrogens with one attached hydrogen (secondary N) is 1. The van der Waals surface area contributed by atoms with E-state index in [9.17, 15) is 14.9 Å². The minimum atomic E-state index is -0.418. The molecule has 0 bridgehead atoms. The zero-order valence-electron chi connectivity index (χ0n) is 15.4. The van der Waals surface area contributed by atoms with Crippen molar-refractivity contribution in [1.29, 1.82) is 0 Å². The fourth-order valence-corrected chi connectivity index (χ4v) is 3.96. The number of carbonyl (C=O) groups excluding carboxylic acids is 1. The Kier molecular flexibility index (Phi) is 4.71. The summed E-state index contributed by atoms with van der Waals surface area (Å²) >= 11 is 5.19. The van der Waals surface area contributed by atoms with Crippen LogP contribution in [0.5, 0.6) is 0 Å². The van der Waals surface area contributed by atoms with E-state index in [0.29, 0.717) is 11.3 Å². The number of rotatable bonds is 4. The molecular formula is C18H20N6O3S. The van der Waals surface area contributed by atoms with Crippen LogP contribution >= 0.6 is 12.2 Å². The lowest BCUT2D eigenvalue weighted by Gasteiger charge is -2.32. The van der Waals surface area contributed by atoms with Crippen LogP contribution in [0.2, 0.25) is 0 Å². The van der Waals surface area contributed by atoms with Gasteiger partial charge in [-0.2, -0.15) is 5.10 Å². The summed E-state index contributed by atoms with van der Waals surface area (Å²) in [4.78, 5) is 25.3. The Morgan fingerprint density at radius 3 is 2.96 bits per heavy atom. The van der Waals surface area contributed by atoms with Crippen LogP contribution in [0.1, 0.15) is 24.6 Å². The Balaban J connectivity index is 1.50. The Bertz CT molecular complexity index is 1110. The Morgan fingerprint density at radius 2 is 2.25 bits per heavy atom. The first-order valence-electron chi connectivity index (χ1n) is 9.06. The third-order valence-electron chi connectivity index (χ3n) is 5.32. The number of likely N-dealkylation sites (tertiary alicyclic amines) is 1. The highest BCUT2D eigenvalue weighted by molar-refractivity contribution is 7.71. The third-order valence-corrected chi connectivity index (χ3v) is 5.69. The third kappa shape index (κ3) is 3.31. The van der Waals surface area contributed by atoms with E-state index in [0.717, 1.165) is 36.1 Å². The highest BCUT2D eigenvalue weighted by atomic mass is 32.1. The monoisotopic (exact) mass is 400 g/mol. The van der Waals surface area contributed by atoms with Crippen molar-refractivity contribution in [3.63, 3.8) is 0 Å². The van der Waals surface area contributed by atoms with Crippen LogP contribution in [0, 0.1) is 14.9 Å². The van der Waals surface area contributed by atoms with E-state index in [-0.39, 0.29) is 24.1 Å². The van der Waals surface area contributed by atoms with E-state index < -0.39 is 4.92 Å². The summed E-state index contributed by atoms with van der Waals surface area (Å²) in [6.45, 7) is 1.53. The van der Waals surface area contributed by atoms with Crippen molar-refractivity contribution < 1.29 is 9.72 Å². The summed E-state index contributed by atoms with van der Waals surface area (Å²) in [6.07, 6.45) is 3.67. The van der Waals surface area contributed by atoms with Crippen molar-refractivity contribution in [3.05, 3.63) is 51.2 Å². The summed E-state index contributed by atoms with van der Waals surface area (Å²) in [7, 11) is 1.88. The van der Waals surface area contributed by atoms with Gasteiger partial charge in [0.1, 0.15) is 12.4 Å². The van der Waals surface area contributed by atoms with Crippen LogP contribution in [0.4, 0.5) is 5.69 Å². The molecular weight excluding hydrogens is 380 g/mol. The van der Waals surface area contributed by atoms with Gasteiger partial charge in [-0.3, -0.25) is 20.0 Å². The molecule has 0 aliphatic carbocycles. The molecule has 9 nitrogen and oxygen atoms in total. The SMILES string of the molecule is Cn1c(C2CCCN(C(=O)Cn3ccc4cc([N+](=O)[O-])ccc43)C2)n[nH]c1=S. The lowest BCUT2D eigenvalue weighted by Crippen LogP contribution is -2.41. The maximum absolute atomic E-state index is 12.9. The molecule has 1 saturated heterocycles. The number of carbonyl (C=O) groups is 1. The Hall–Kier alpha value is -3.01. The van der Waals surface area contributed by atoms with E-state index in [1.807, 2.05) is 21.1 Å². The average Bonchev–Trinajstić information content (AvgIpc) is 3.25. The van der Waals surface area contributed by atoms with Crippen molar-refractivity contribution >= 4 is 34.7 Å². The largest absolute Gasteiger partial charge is 0.340 e. The molecule has 1 atom stereocenters. The van der Waals surface area contributed by atoms with Crippen molar-refractivity contribution in [3.8, 4) is 0 Å². The van der Waals surface area contributed by atoms with E-state index in [1.165, 1.54) is 12.1 Å². The van der Waals surface area contributed by atoms with Crippen LogP contribution in [0.25, 0.3) is 10.9 Å². The minimum Gasteiger partial charge on any atom is -0.340 e. The fourth-order valence-electron chi connectivity index (χ4n) is 3.82. The standard InChI is InChI=1S/C18H20N6O3S/c1-21-17(19-20-18(21)28)13-3-2-7-23(10-13)16(25)11-22-8-6-12-9-14(24(26)27)4-5-15(12)22/h4-6,8-9,13H,2-3,7,10-11H2,1H3,(H,20,28). The van der Waals surface area contributed by atoms with Crippen LogP contribution in [-0.4, -0.2) is 48.2 Å². The lowest BCUT2D eigenvalue weighted by molar-refractivity contribution is -0.384.